The normalized spacial score (nSPS) is 11.4. The van der Waals surface area contributed by atoms with E-state index in [4.69, 9.17) is 0 Å². The maximum Gasteiger partial charge on any atom is 0.157 e. The summed E-state index contributed by atoms with van der Waals surface area (Å²) in [6.45, 7) is 0. The van der Waals surface area contributed by atoms with E-state index >= 15 is 0 Å². The minimum Gasteiger partial charge on any atom is -0.302 e. The topological polar surface area (TPSA) is 40.3 Å². The van der Waals surface area contributed by atoms with Crippen LogP contribution in [0.4, 0.5) is 0 Å². The van der Waals surface area contributed by atoms with Crippen LogP contribution < -0.4 is 0 Å². The van der Waals surface area contributed by atoms with Gasteiger partial charge >= 0.3 is 0 Å². The van der Waals surface area contributed by atoms with Crippen molar-refractivity contribution in [3.05, 3.63) is 0 Å². The third kappa shape index (κ3) is 5.07. The summed E-state index contributed by atoms with van der Waals surface area (Å²) >= 11 is 0. The van der Waals surface area contributed by atoms with Gasteiger partial charge in [-0.1, -0.05) is 0 Å². The van der Waals surface area contributed by atoms with Crippen molar-refractivity contribution in [3.8, 4) is 0 Å². The van der Waals surface area contributed by atoms with Gasteiger partial charge in [-0.25, -0.2) is 0 Å². The van der Waals surface area contributed by atoms with Gasteiger partial charge in [0.15, 0.2) is 6.34 Å². The third-order valence-electron chi connectivity index (χ3n) is 0.450. The van der Waals surface area contributed by atoms with E-state index in [1.807, 2.05) is 14.1 Å². The lowest BCUT2D eigenvalue weighted by Crippen LogP contribution is -2.00. The Bertz CT molecular complexity index is 94.2. The van der Waals surface area contributed by atoms with E-state index in [9.17, 15) is 0 Å². The first-order chi connectivity index (χ1) is 3.77. The van der Waals surface area contributed by atoms with Crippen molar-refractivity contribution in [3.63, 3.8) is 0 Å². The number of rotatable bonds is 2. The smallest absolute Gasteiger partial charge is 0.157 e. The van der Waals surface area contributed by atoms with Crippen LogP contribution in [0, 0.1) is 0 Å². The molecule has 0 radical (unpaired) electrons. The van der Waals surface area contributed by atoms with E-state index in [1.54, 1.807) is 12.1 Å². The molecule has 0 heterocycles. The molecule has 0 aromatic rings. The van der Waals surface area contributed by atoms with Crippen LogP contribution in [0.5, 0.6) is 0 Å². The van der Waals surface area contributed by atoms with Crippen molar-refractivity contribution in [2.24, 2.45) is 15.3 Å². The minimum absolute atomic E-state index is 1.39. The molecule has 0 spiro atoms. The highest BCUT2D eigenvalue weighted by molar-refractivity contribution is 5.53. The first-order valence-corrected chi connectivity index (χ1v) is 2.26. The minimum atomic E-state index is 1.39. The SMILES string of the molecule is CN=NC=NN(C)C. The van der Waals surface area contributed by atoms with Gasteiger partial charge < -0.3 is 5.01 Å². The first kappa shape index (κ1) is 7.07. The Morgan fingerprint density at radius 2 is 2.00 bits per heavy atom. The molecule has 0 atom stereocenters. The molecule has 4 heteroatoms. The molecule has 0 unspecified atom stereocenters. The first-order valence-electron chi connectivity index (χ1n) is 2.26. The standard InChI is InChI=1S/C4H10N4/c1-5-6-4-7-8(2)3/h4H,1-3H3. The summed E-state index contributed by atoms with van der Waals surface area (Å²) in [5.41, 5.74) is 0. The predicted molar refractivity (Wildman–Crippen MR) is 33.0 cm³/mol. The summed E-state index contributed by atoms with van der Waals surface area (Å²) in [4.78, 5) is 0. The van der Waals surface area contributed by atoms with E-state index in [0.29, 0.717) is 0 Å². The van der Waals surface area contributed by atoms with Gasteiger partial charge in [-0.15, -0.1) is 5.11 Å². The fourth-order valence-electron chi connectivity index (χ4n) is 0.178. The van der Waals surface area contributed by atoms with Gasteiger partial charge in [0, 0.05) is 21.1 Å². The molecule has 0 fully saturated rings. The summed E-state index contributed by atoms with van der Waals surface area (Å²) in [6, 6.07) is 0. The lowest BCUT2D eigenvalue weighted by atomic mass is 11.1. The Morgan fingerprint density at radius 1 is 1.38 bits per heavy atom. The second-order valence-electron chi connectivity index (χ2n) is 1.39. The summed E-state index contributed by atoms with van der Waals surface area (Å²) in [6.07, 6.45) is 1.39. The monoisotopic (exact) mass is 114 g/mol. The highest BCUT2D eigenvalue weighted by Crippen LogP contribution is 1.71. The van der Waals surface area contributed by atoms with Crippen molar-refractivity contribution in [2.75, 3.05) is 21.1 Å². The summed E-state index contributed by atoms with van der Waals surface area (Å²) in [7, 11) is 5.24. The van der Waals surface area contributed by atoms with Crippen LogP contribution in [0.3, 0.4) is 0 Å². The third-order valence-corrected chi connectivity index (χ3v) is 0.450. The number of hydrazone groups is 1. The van der Waals surface area contributed by atoms with Gasteiger partial charge in [0.2, 0.25) is 0 Å². The molecule has 0 aliphatic carbocycles. The zero-order valence-electron chi connectivity index (χ0n) is 5.37. The van der Waals surface area contributed by atoms with Gasteiger partial charge in [0.05, 0.1) is 0 Å². The van der Waals surface area contributed by atoms with E-state index in [-0.39, 0.29) is 0 Å². The number of hydrogen-bond acceptors (Lipinski definition) is 3. The fourth-order valence-corrected chi connectivity index (χ4v) is 0.178. The Kier molecular flexibility index (Phi) is 3.74. The Labute approximate surface area is 48.9 Å². The summed E-state index contributed by atoms with van der Waals surface area (Å²) in [5, 5.41) is 12.4. The molecule has 0 aromatic heterocycles. The summed E-state index contributed by atoms with van der Waals surface area (Å²) in [5.74, 6) is 0. The fraction of sp³-hybridized carbons (Fsp3) is 0.750. The molecule has 0 N–H and O–H groups in total. The number of nitrogens with zero attached hydrogens (tertiary/aromatic N) is 4. The Hall–Kier alpha value is -0.930. The molecule has 0 saturated heterocycles. The largest absolute Gasteiger partial charge is 0.302 e. The molecule has 46 valence electrons. The van der Waals surface area contributed by atoms with Crippen molar-refractivity contribution >= 4 is 6.34 Å². The van der Waals surface area contributed by atoms with E-state index < -0.39 is 0 Å². The van der Waals surface area contributed by atoms with Crippen molar-refractivity contribution in [2.45, 2.75) is 0 Å². The van der Waals surface area contributed by atoms with Gasteiger partial charge in [-0.05, 0) is 0 Å². The average Bonchev–Trinajstić information content (AvgIpc) is 1.66. The molecule has 0 saturated carbocycles. The maximum atomic E-state index is 3.76. The highest BCUT2D eigenvalue weighted by atomic mass is 15.4. The van der Waals surface area contributed by atoms with Crippen LogP contribution >= 0.6 is 0 Å². The second kappa shape index (κ2) is 4.23. The van der Waals surface area contributed by atoms with Crippen molar-refractivity contribution in [1.82, 2.24) is 5.01 Å². The van der Waals surface area contributed by atoms with E-state index in [2.05, 4.69) is 15.3 Å². The van der Waals surface area contributed by atoms with Crippen LogP contribution in [0.15, 0.2) is 15.3 Å². The Balaban J connectivity index is 3.34. The molecule has 0 aliphatic rings. The molecule has 8 heavy (non-hydrogen) atoms. The van der Waals surface area contributed by atoms with E-state index in [1.165, 1.54) is 6.34 Å². The van der Waals surface area contributed by atoms with Crippen LogP contribution in [0.1, 0.15) is 0 Å². The van der Waals surface area contributed by atoms with Gasteiger partial charge in [0.1, 0.15) is 0 Å². The quantitative estimate of drug-likeness (QED) is 0.224. The maximum absolute atomic E-state index is 3.76. The molecule has 0 bridgehead atoms. The number of azo groups is 1. The van der Waals surface area contributed by atoms with Crippen molar-refractivity contribution < 1.29 is 0 Å². The molecule has 0 rings (SSSR count). The van der Waals surface area contributed by atoms with Gasteiger partial charge in [-0.3, -0.25) is 0 Å². The molecule has 0 aromatic carbocycles. The zero-order chi connectivity index (χ0) is 6.41. The summed E-state index contributed by atoms with van der Waals surface area (Å²) < 4.78 is 0. The number of hydrogen-bond donors (Lipinski definition) is 0. The molecule has 0 amide bonds. The lowest BCUT2D eigenvalue weighted by Gasteiger charge is -1.98. The molecular weight excluding hydrogens is 104 g/mol. The zero-order valence-corrected chi connectivity index (χ0v) is 5.37. The van der Waals surface area contributed by atoms with Gasteiger partial charge in [0.25, 0.3) is 0 Å². The van der Waals surface area contributed by atoms with Crippen LogP contribution in [0.25, 0.3) is 0 Å². The Morgan fingerprint density at radius 3 is 2.38 bits per heavy atom. The highest BCUT2D eigenvalue weighted by Gasteiger charge is 1.70. The van der Waals surface area contributed by atoms with Crippen LogP contribution in [-0.4, -0.2) is 32.5 Å². The van der Waals surface area contributed by atoms with Crippen LogP contribution in [-0.2, 0) is 0 Å². The molecule has 4 nitrogen and oxygen atoms in total. The molecule has 0 aliphatic heterocycles. The lowest BCUT2D eigenvalue weighted by molar-refractivity contribution is 0.439. The average molecular weight is 114 g/mol. The molecular formula is C4H10N4. The van der Waals surface area contributed by atoms with E-state index in [0.717, 1.165) is 0 Å². The van der Waals surface area contributed by atoms with Gasteiger partial charge in [-0.2, -0.15) is 10.2 Å². The van der Waals surface area contributed by atoms with Crippen LogP contribution in [0.2, 0.25) is 0 Å². The van der Waals surface area contributed by atoms with Crippen molar-refractivity contribution in [1.29, 1.82) is 0 Å². The second-order valence-corrected chi connectivity index (χ2v) is 1.39. The predicted octanol–water partition coefficient (Wildman–Crippen LogP) is 0.573.